The van der Waals surface area contributed by atoms with Crippen LogP contribution in [0.1, 0.15) is 5.56 Å². The molecule has 98 valence electrons. The molecule has 0 atom stereocenters. The van der Waals surface area contributed by atoms with Crippen LogP contribution >= 0.6 is 0 Å². The van der Waals surface area contributed by atoms with E-state index >= 15 is 0 Å². The van der Waals surface area contributed by atoms with Crippen molar-refractivity contribution in [2.75, 3.05) is 37.7 Å². The number of carbonyl (C=O) groups excluding carboxylic acids is 1. The molecule has 1 aliphatic rings. The highest BCUT2D eigenvalue weighted by Crippen LogP contribution is 2.18. The number of rotatable bonds is 4. The van der Waals surface area contributed by atoms with Gasteiger partial charge in [-0.05, 0) is 18.1 Å². The number of halogens is 1. The maximum Gasteiger partial charge on any atom is 0.209 e. The minimum absolute atomic E-state index is 0.0154. The second kappa shape index (κ2) is 5.77. The molecule has 0 aromatic carbocycles. The number of anilines is 1. The molecule has 1 aromatic rings. The van der Waals surface area contributed by atoms with Gasteiger partial charge in [0.05, 0.1) is 0 Å². The molecule has 2 rings (SSSR count). The number of nitrogens with zero attached hydrogens (tertiary/aromatic N) is 3. The van der Waals surface area contributed by atoms with Crippen molar-refractivity contribution in [1.29, 1.82) is 0 Å². The molecular formula is C12H16FN3O2. The minimum Gasteiger partial charge on any atom is -0.396 e. The van der Waals surface area contributed by atoms with E-state index in [1.54, 1.807) is 11.1 Å². The van der Waals surface area contributed by atoms with Crippen LogP contribution in [0.3, 0.4) is 0 Å². The Labute approximate surface area is 105 Å². The highest BCUT2D eigenvalue weighted by Gasteiger charge is 2.19. The molecule has 1 aromatic heterocycles. The number of carbonyl (C=O) groups is 1. The first-order valence-corrected chi connectivity index (χ1v) is 5.94. The van der Waals surface area contributed by atoms with Crippen molar-refractivity contribution in [2.24, 2.45) is 0 Å². The zero-order chi connectivity index (χ0) is 13.0. The summed E-state index contributed by atoms with van der Waals surface area (Å²) in [5.41, 5.74) is 0.685. The predicted octanol–water partition coefficient (Wildman–Crippen LogP) is 0.0339. The van der Waals surface area contributed by atoms with E-state index in [4.69, 9.17) is 5.11 Å². The molecule has 18 heavy (non-hydrogen) atoms. The van der Waals surface area contributed by atoms with E-state index < -0.39 is 0 Å². The van der Waals surface area contributed by atoms with Crippen molar-refractivity contribution in [2.45, 2.75) is 6.42 Å². The number of pyridine rings is 1. The van der Waals surface area contributed by atoms with Gasteiger partial charge in [-0.3, -0.25) is 4.79 Å². The summed E-state index contributed by atoms with van der Waals surface area (Å²) < 4.78 is 13.9. The van der Waals surface area contributed by atoms with E-state index in [1.807, 2.05) is 4.90 Å². The molecule has 5 nitrogen and oxygen atoms in total. The van der Waals surface area contributed by atoms with Crippen LogP contribution in [0.25, 0.3) is 0 Å². The van der Waals surface area contributed by atoms with E-state index in [9.17, 15) is 9.18 Å². The van der Waals surface area contributed by atoms with E-state index in [-0.39, 0.29) is 12.4 Å². The lowest BCUT2D eigenvalue weighted by molar-refractivity contribution is -0.118. The van der Waals surface area contributed by atoms with Crippen molar-refractivity contribution in [3.63, 3.8) is 0 Å². The molecule has 1 saturated heterocycles. The lowest BCUT2D eigenvalue weighted by Crippen LogP contribution is -2.46. The largest absolute Gasteiger partial charge is 0.396 e. The standard InChI is InChI=1S/C12H16FN3O2/c13-11-7-10(1-6-17)8-14-12(11)16-4-2-15(9-18)3-5-16/h7-9,17H,1-6H2. The summed E-state index contributed by atoms with van der Waals surface area (Å²) in [6.07, 6.45) is 2.80. The average Bonchev–Trinajstić information content (AvgIpc) is 2.40. The summed E-state index contributed by atoms with van der Waals surface area (Å²) in [5, 5.41) is 8.79. The Bertz CT molecular complexity index is 420. The third-order valence-electron chi connectivity index (χ3n) is 3.04. The van der Waals surface area contributed by atoms with Gasteiger partial charge in [0.25, 0.3) is 0 Å². The molecule has 1 fully saturated rings. The average molecular weight is 253 g/mol. The van der Waals surface area contributed by atoms with Crippen molar-refractivity contribution >= 4 is 12.2 Å². The summed E-state index contributed by atoms with van der Waals surface area (Å²) >= 11 is 0. The van der Waals surface area contributed by atoms with Gasteiger partial charge >= 0.3 is 0 Å². The summed E-state index contributed by atoms with van der Waals surface area (Å²) in [4.78, 5) is 18.2. The smallest absolute Gasteiger partial charge is 0.209 e. The Morgan fingerprint density at radius 3 is 2.67 bits per heavy atom. The fourth-order valence-corrected chi connectivity index (χ4v) is 2.01. The number of aliphatic hydroxyl groups is 1. The van der Waals surface area contributed by atoms with Gasteiger partial charge in [0, 0.05) is 39.0 Å². The molecular weight excluding hydrogens is 237 g/mol. The van der Waals surface area contributed by atoms with Gasteiger partial charge in [-0.15, -0.1) is 0 Å². The highest BCUT2D eigenvalue weighted by molar-refractivity contribution is 5.49. The number of hydrogen-bond donors (Lipinski definition) is 1. The lowest BCUT2D eigenvalue weighted by Gasteiger charge is -2.33. The molecule has 1 amide bonds. The van der Waals surface area contributed by atoms with Crippen molar-refractivity contribution in [3.05, 3.63) is 23.6 Å². The quantitative estimate of drug-likeness (QED) is 0.769. The third kappa shape index (κ3) is 2.76. The Hall–Kier alpha value is -1.69. The summed E-state index contributed by atoms with van der Waals surface area (Å²) in [5.74, 6) is -0.0530. The lowest BCUT2D eigenvalue weighted by atomic mass is 10.2. The van der Waals surface area contributed by atoms with Gasteiger partial charge in [-0.1, -0.05) is 0 Å². The maximum absolute atomic E-state index is 13.9. The second-order valence-corrected chi connectivity index (χ2v) is 4.25. The molecule has 2 heterocycles. The Kier molecular flexibility index (Phi) is 4.09. The molecule has 0 aliphatic carbocycles. The topological polar surface area (TPSA) is 56.7 Å². The fraction of sp³-hybridized carbons (Fsp3) is 0.500. The normalized spacial score (nSPS) is 15.9. The number of aromatic nitrogens is 1. The number of hydrogen-bond acceptors (Lipinski definition) is 4. The molecule has 1 aliphatic heterocycles. The summed E-state index contributed by atoms with van der Waals surface area (Å²) in [6.45, 7) is 2.33. The Balaban J connectivity index is 2.07. The van der Waals surface area contributed by atoms with Gasteiger partial charge in [-0.25, -0.2) is 9.37 Å². The van der Waals surface area contributed by atoms with Crippen molar-refractivity contribution < 1.29 is 14.3 Å². The van der Waals surface area contributed by atoms with Crippen LogP contribution in [0.2, 0.25) is 0 Å². The molecule has 1 N–H and O–H groups in total. The summed E-state index contributed by atoms with van der Waals surface area (Å²) in [6, 6.07) is 1.41. The van der Waals surface area contributed by atoms with Gasteiger partial charge in [0.15, 0.2) is 11.6 Å². The molecule has 0 spiro atoms. The van der Waals surface area contributed by atoms with Crippen LogP contribution in [0, 0.1) is 5.82 Å². The Morgan fingerprint density at radius 2 is 2.11 bits per heavy atom. The van der Waals surface area contributed by atoms with Gasteiger partial charge in [0.1, 0.15) is 0 Å². The first kappa shape index (κ1) is 12.8. The molecule has 0 unspecified atom stereocenters. The minimum atomic E-state index is -0.375. The van der Waals surface area contributed by atoms with Crippen LogP contribution in [0.15, 0.2) is 12.3 Å². The van der Waals surface area contributed by atoms with Crippen LogP contribution < -0.4 is 4.90 Å². The van der Waals surface area contributed by atoms with Gasteiger partial charge < -0.3 is 14.9 Å². The van der Waals surface area contributed by atoms with Crippen molar-refractivity contribution in [1.82, 2.24) is 9.88 Å². The van der Waals surface area contributed by atoms with Crippen LogP contribution in [-0.4, -0.2) is 54.2 Å². The second-order valence-electron chi connectivity index (χ2n) is 4.25. The fourth-order valence-electron chi connectivity index (χ4n) is 2.01. The van der Waals surface area contributed by atoms with Crippen molar-refractivity contribution in [3.8, 4) is 0 Å². The summed E-state index contributed by atoms with van der Waals surface area (Å²) in [7, 11) is 0. The van der Waals surface area contributed by atoms with Crippen LogP contribution in [0.5, 0.6) is 0 Å². The van der Waals surface area contributed by atoms with Crippen LogP contribution in [-0.2, 0) is 11.2 Å². The zero-order valence-corrected chi connectivity index (χ0v) is 10.0. The van der Waals surface area contributed by atoms with E-state index in [2.05, 4.69) is 4.98 Å². The van der Waals surface area contributed by atoms with E-state index in [0.717, 1.165) is 6.41 Å². The maximum atomic E-state index is 13.9. The Morgan fingerprint density at radius 1 is 1.39 bits per heavy atom. The van der Waals surface area contributed by atoms with Gasteiger partial charge in [-0.2, -0.15) is 0 Å². The number of amides is 1. The monoisotopic (exact) mass is 253 g/mol. The first-order valence-electron chi connectivity index (χ1n) is 5.94. The first-order chi connectivity index (χ1) is 8.74. The third-order valence-corrected chi connectivity index (χ3v) is 3.04. The number of aliphatic hydroxyl groups excluding tert-OH is 1. The van der Waals surface area contributed by atoms with Crippen LogP contribution in [0.4, 0.5) is 10.2 Å². The predicted molar refractivity (Wildman–Crippen MR) is 64.8 cm³/mol. The number of piperazine rings is 1. The SMILES string of the molecule is O=CN1CCN(c2ncc(CCO)cc2F)CC1. The molecule has 0 saturated carbocycles. The molecule has 6 heteroatoms. The van der Waals surface area contributed by atoms with E-state index in [1.165, 1.54) is 6.07 Å². The highest BCUT2D eigenvalue weighted by atomic mass is 19.1. The van der Waals surface area contributed by atoms with Gasteiger partial charge in [0.2, 0.25) is 6.41 Å². The molecule has 0 bridgehead atoms. The van der Waals surface area contributed by atoms with E-state index in [0.29, 0.717) is 44.0 Å². The zero-order valence-electron chi connectivity index (χ0n) is 10.0. The molecule has 0 radical (unpaired) electrons.